The maximum atomic E-state index is 11.4. The highest BCUT2D eigenvalue weighted by Crippen LogP contribution is 2.19. The van der Waals surface area contributed by atoms with E-state index in [0.29, 0.717) is 6.42 Å². The van der Waals surface area contributed by atoms with Crippen molar-refractivity contribution in [3.8, 4) is 0 Å². The van der Waals surface area contributed by atoms with Gasteiger partial charge >= 0.3 is 5.97 Å². The van der Waals surface area contributed by atoms with Gasteiger partial charge in [0.1, 0.15) is 6.04 Å². The van der Waals surface area contributed by atoms with Crippen LogP contribution in [0, 0.1) is 13.8 Å². The summed E-state index contributed by atoms with van der Waals surface area (Å²) in [4.78, 5) is 13.5. The quantitative estimate of drug-likeness (QED) is 0.888. The summed E-state index contributed by atoms with van der Waals surface area (Å²) in [5, 5.41) is 9.40. The number of carboxylic acids is 1. The highest BCUT2D eigenvalue weighted by molar-refractivity contribution is 5.74. The van der Waals surface area contributed by atoms with Crippen LogP contribution in [0.2, 0.25) is 0 Å². The fourth-order valence-corrected chi connectivity index (χ4v) is 2.71. The van der Waals surface area contributed by atoms with E-state index < -0.39 is 5.97 Å². The van der Waals surface area contributed by atoms with Crippen LogP contribution in [0.3, 0.4) is 0 Å². The number of aliphatic carboxylic acids is 1. The number of likely N-dealkylation sites (tertiary alicyclic amines) is 1. The van der Waals surface area contributed by atoms with Crippen molar-refractivity contribution < 1.29 is 9.90 Å². The van der Waals surface area contributed by atoms with Crippen molar-refractivity contribution in [1.82, 2.24) is 4.90 Å². The molecule has 18 heavy (non-hydrogen) atoms. The molecule has 1 heterocycles. The first-order chi connectivity index (χ1) is 8.58. The predicted molar refractivity (Wildman–Crippen MR) is 71.9 cm³/mol. The van der Waals surface area contributed by atoms with Crippen molar-refractivity contribution >= 4 is 5.97 Å². The van der Waals surface area contributed by atoms with Gasteiger partial charge in [0.15, 0.2) is 0 Å². The summed E-state index contributed by atoms with van der Waals surface area (Å²) in [7, 11) is 0. The van der Waals surface area contributed by atoms with Crippen LogP contribution in [0.25, 0.3) is 0 Å². The van der Waals surface area contributed by atoms with Gasteiger partial charge in [-0.25, -0.2) is 0 Å². The third-order valence-corrected chi connectivity index (χ3v) is 3.78. The minimum Gasteiger partial charge on any atom is -0.480 e. The molecule has 0 spiro atoms. The number of hydrogen-bond donors (Lipinski definition) is 1. The molecule has 1 fully saturated rings. The van der Waals surface area contributed by atoms with Crippen molar-refractivity contribution in [3.63, 3.8) is 0 Å². The van der Waals surface area contributed by atoms with Crippen molar-refractivity contribution in [1.29, 1.82) is 0 Å². The Balaban J connectivity index is 2.15. The Labute approximate surface area is 108 Å². The van der Waals surface area contributed by atoms with Crippen LogP contribution in [-0.4, -0.2) is 35.1 Å². The summed E-state index contributed by atoms with van der Waals surface area (Å²) in [5.74, 6) is -0.697. The van der Waals surface area contributed by atoms with E-state index in [1.54, 1.807) is 0 Å². The third-order valence-electron chi connectivity index (χ3n) is 3.78. The molecule has 0 aromatic heterocycles. The fraction of sp³-hybridized carbons (Fsp3) is 0.533. The van der Waals surface area contributed by atoms with Crippen LogP contribution < -0.4 is 0 Å². The molecule has 1 aliphatic heterocycles. The van der Waals surface area contributed by atoms with Gasteiger partial charge in [0.2, 0.25) is 0 Å². The molecule has 0 bridgehead atoms. The molecule has 0 unspecified atom stereocenters. The molecule has 3 heteroatoms. The van der Waals surface area contributed by atoms with Crippen LogP contribution >= 0.6 is 0 Å². The van der Waals surface area contributed by atoms with Crippen molar-refractivity contribution in [2.75, 3.05) is 13.1 Å². The van der Waals surface area contributed by atoms with Crippen LogP contribution in [0.1, 0.15) is 29.5 Å². The first-order valence-corrected chi connectivity index (χ1v) is 6.61. The Hall–Kier alpha value is -1.35. The van der Waals surface area contributed by atoms with Crippen LogP contribution in [0.5, 0.6) is 0 Å². The average molecular weight is 247 g/mol. The zero-order valence-electron chi connectivity index (χ0n) is 11.1. The van der Waals surface area contributed by atoms with Gasteiger partial charge in [0.05, 0.1) is 0 Å². The van der Waals surface area contributed by atoms with Gasteiger partial charge < -0.3 is 5.11 Å². The lowest BCUT2D eigenvalue weighted by molar-refractivity contribution is -0.142. The Morgan fingerprint density at radius 2 is 2.00 bits per heavy atom. The number of nitrogens with zero attached hydrogens (tertiary/aromatic N) is 1. The van der Waals surface area contributed by atoms with E-state index in [1.807, 2.05) is 0 Å². The number of rotatable bonds is 4. The largest absolute Gasteiger partial charge is 0.480 e. The number of aryl methyl sites for hydroxylation is 2. The van der Waals surface area contributed by atoms with E-state index >= 15 is 0 Å². The Morgan fingerprint density at radius 1 is 1.33 bits per heavy atom. The molecule has 1 aliphatic rings. The third kappa shape index (κ3) is 2.91. The Bertz CT molecular complexity index is 436. The van der Waals surface area contributed by atoms with Crippen LogP contribution in [-0.2, 0) is 11.2 Å². The molecular formula is C15H21NO2. The molecule has 3 nitrogen and oxygen atoms in total. The molecule has 1 aromatic carbocycles. The van der Waals surface area contributed by atoms with E-state index in [1.165, 1.54) is 11.1 Å². The second kappa shape index (κ2) is 5.53. The summed E-state index contributed by atoms with van der Waals surface area (Å²) >= 11 is 0. The number of carbonyl (C=O) groups is 1. The van der Waals surface area contributed by atoms with Gasteiger partial charge in [0.25, 0.3) is 0 Å². The monoisotopic (exact) mass is 247 g/mol. The highest BCUT2D eigenvalue weighted by Gasteiger charge is 2.28. The van der Waals surface area contributed by atoms with Gasteiger partial charge in [-0.3, -0.25) is 9.69 Å². The molecule has 0 amide bonds. The van der Waals surface area contributed by atoms with Crippen LogP contribution in [0.4, 0.5) is 0 Å². The highest BCUT2D eigenvalue weighted by atomic mass is 16.4. The molecule has 98 valence electrons. The lowest BCUT2D eigenvalue weighted by Crippen LogP contribution is -2.41. The zero-order chi connectivity index (χ0) is 13.1. The minimum atomic E-state index is -0.697. The fourth-order valence-electron chi connectivity index (χ4n) is 2.71. The predicted octanol–water partition coefficient (Wildman–Crippen LogP) is 2.39. The molecule has 1 saturated heterocycles. The van der Waals surface area contributed by atoms with Gasteiger partial charge in [-0.05, 0) is 57.3 Å². The first kappa shape index (κ1) is 13.1. The molecule has 1 atom stereocenters. The van der Waals surface area contributed by atoms with Crippen molar-refractivity contribution in [2.24, 2.45) is 0 Å². The van der Waals surface area contributed by atoms with Crippen LogP contribution in [0.15, 0.2) is 18.2 Å². The van der Waals surface area contributed by atoms with Gasteiger partial charge in [-0.2, -0.15) is 0 Å². The van der Waals surface area contributed by atoms with E-state index in [4.69, 9.17) is 0 Å². The molecule has 0 aliphatic carbocycles. The summed E-state index contributed by atoms with van der Waals surface area (Å²) in [6.45, 7) is 5.96. The van der Waals surface area contributed by atoms with E-state index in [0.717, 1.165) is 31.5 Å². The second-order valence-electron chi connectivity index (χ2n) is 5.23. The molecule has 1 aromatic rings. The topological polar surface area (TPSA) is 40.5 Å². The number of hydrogen-bond acceptors (Lipinski definition) is 2. The summed E-state index contributed by atoms with van der Waals surface area (Å²) < 4.78 is 0. The van der Waals surface area contributed by atoms with Gasteiger partial charge in [-0.15, -0.1) is 0 Å². The lowest BCUT2D eigenvalue weighted by atomic mass is 9.98. The average Bonchev–Trinajstić information content (AvgIpc) is 2.80. The molecule has 0 radical (unpaired) electrons. The standard InChI is InChI=1S/C15H21NO2/c1-11-5-6-13(12(2)9-11)10-14(15(17)18)16-7-3-4-8-16/h5-6,9,14H,3-4,7-8,10H2,1-2H3,(H,17,18)/t14-/m1/s1. The summed E-state index contributed by atoms with van der Waals surface area (Å²) in [5.41, 5.74) is 3.57. The lowest BCUT2D eigenvalue weighted by Gasteiger charge is -2.24. The number of benzene rings is 1. The summed E-state index contributed by atoms with van der Waals surface area (Å²) in [6, 6.07) is 5.88. The second-order valence-corrected chi connectivity index (χ2v) is 5.23. The Kier molecular flexibility index (Phi) is 4.02. The Morgan fingerprint density at radius 3 is 2.56 bits per heavy atom. The number of carboxylic acid groups (broad SMARTS) is 1. The van der Waals surface area contributed by atoms with E-state index in [-0.39, 0.29) is 6.04 Å². The molecule has 2 rings (SSSR count). The van der Waals surface area contributed by atoms with Gasteiger partial charge in [-0.1, -0.05) is 23.8 Å². The first-order valence-electron chi connectivity index (χ1n) is 6.61. The maximum Gasteiger partial charge on any atom is 0.321 e. The van der Waals surface area contributed by atoms with Crippen molar-refractivity contribution in [3.05, 3.63) is 34.9 Å². The molecular weight excluding hydrogens is 226 g/mol. The van der Waals surface area contributed by atoms with E-state index in [2.05, 4.69) is 36.9 Å². The van der Waals surface area contributed by atoms with Gasteiger partial charge in [0, 0.05) is 0 Å². The smallest absolute Gasteiger partial charge is 0.321 e. The normalized spacial score (nSPS) is 17.9. The van der Waals surface area contributed by atoms with E-state index in [9.17, 15) is 9.90 Å². The SMILES string of the molecule is Cc1ccc(C[C@H](C(=O)O)N2CCCC2)c(C)c1. The zero-order valence-corrected chi connectivity index (χ0v) is 11.1. The maximum absolute atomic E-state index is 11.4. The minimum absolute atomic E-state index is 0.367. The summed E-state index contributed by atoms with van der Waals surface area (Å²) in [6.07, 6.45) is 2.86. The molecule has 0 saturated carbocycles. The van der Waals surface area contributed by atoms with Crippen molar-refractivity contribution in [2.45, 2.75) is 39.2 Å². The molecule has 1 N–H and O–H groups in total.